The van der Waals surface area contributed by atoms with Crippen LogP contribution < -0.4 is 24.3 Å². The highest BCUT2D eigenvalue weighted by atomic mass is 16.7. The molecule has 8 nitrogen and oxygen atoms in total. The van der Waals surface area contributed by atoms with Crippen LogP contribution in [0.4, 0.5) is 0 Å². The molecule has 3 aromatic rings. The lowest BCUT2D eigenvalue weighted by molar-refractivity contribution is -0.140. The number of ether oxygens (including phenoxy) is 5. The van der Waals surface area contributed by atoms with Gasteiger partial charge in [0.25, 0.3) is 5.91 Å². The molecule has 40 heavy (non-hydrogen) atoms. The predicted octanol–water partition coefficient (Wildman–Crippen LogP) is 5.93. The van der Waals surface area contributed by atoms with Crippen LogP contribution in [-0.4, -0.2) is 32.9 Å². The van der Waals surface area contributed by atoms with Gasteiger partial charge in [-0.15, -0.1) is 0 Å². The number of aryl methyl sites for hydroxylation is 2. The number of methoxy groups -OCH3 is 2. The van der Waals surface area contributed by atoms with E-state index in [4.69, 9.17) is 23.7 Å². The molecule has 0 radical (unpaired) electrons. The fourth-order valence-corrected chi connectivity index (χ4v) is 4.70. The van der Waals surface area contributed by atoms with Crippen molar-refractivity contribution in [3.05, 3.63) is 82.4 Å². The Hall–Kier alpha value is -4.20. The van der Waals surface area contributed by atoms with Crippen molar-refractivity contribution >= 4 is 11.9 Å². The Kier molecular flexibility index (Phi) is 9.53. The second-order valence-electron chi connectivity index (χ2n) is 10.2. The maximum atomic E-state index is 13.9. The van der Waals surface area contributed by atoms with Crippen molar-refractivity contribution in [1.82, 2.24) is 5.32 Å². The van der Waals surface area contributed by atoms with Gasteiger partial charge in [0.1, 0.15) is 12.4 Å². The molecule has 1 heterocycles. The minimum atomic E-state index is -0.330. The molecule has 3 aromatic carbocycles. The Morgan fingerprint density at radius 2 is 1.80 bits per heavy atom. The first-order chi connectivity index (χ1) is 19.3. The highest BCUT2D eigenvalue weighted by Crippen LogP contribution is 2.43. The molecule has 0 fully saturated rings. The van der Waals surface area contributed by atoms with E-state index in [1.807, 2.05) is 61.5 Å². The molecule has 8 heteroatoms. The molecule has 0 saturated heterocycles. The van der Waals surface area contributed by atoms with E-state index in [0.29, 0.717) is 48.2 Å². The summed E-state index contributed by atoms with van der Waals surface area (Å²) in [6.45, 7) is 6.63. The van der Waals surface area contributed by atoms with Crippen LogP contribution in [0.2, 0.25) is 0 Å². The maximum Gasteiger partial charge on any atom is 0.305 e. The van der Waals surface area contributed by atoms with E-state index in [9.17, 15) is 9.59 Å². The predicted molar refractivity (Wildman–Crippen MR) is 151 cm³/mol. The molecular weight excluding hydrogens is 510 g/mol. The molecule has 212 valence electrons. The summed E-state index contributed by atoms with van der Waals surface area (Å²) >= 11 is 0. The zero-order chi connectivity index (χ0) is 28.6. The molecule has 1 N–H and O–H groups in total. The minimum absolute atomic E-state index is 0.122. The Morgan fingerprint density at radius 1 is 1.00 bits per heavy atom. The lowest BCUT2D eigenvalue weighted by atomic mass is 9.94. The van der Waals surface area contributed by atoms with E-state index in [1.165, 1.54) is 7.11 Å². The number of hydrogen-bond donors (Lipinski definition) is 1. The van der Waals surface area contributed by atoms with Gasteiger partial charge < -0.3 is 29.0 Å². The molecular formula is C32H37NO7. The van der Waals surface area contributed by atoms with Gasteiger partial charge in [0.2, 0.25) is 12.5 Å². The van der Waals surface area contributed by atoms with Crippen LogP contribution in [0.25, 0.3) is 0 Å². The topological polar surface area (TPSA) is 92.3 Å². The normalized spacial score (nSPS) is 12.7. The monoisotopic (exact) mass is 547 g/mol. The van der Waals surface area contributed by atoms with Crippen LogP contribution >= 0.6 is 0 Å². The number of carbonyl (C=O) groups excluding carboxylic acids is 2. The number of benzene rings is 3. The van der Waals surface area contributed by atoms with E-state index in [1.54, 1.807) is 7.11 Å². The summed E-state index contributed by atoms with van der Waals surface area (Å²) in [6, 6.07) is 16.9. The number of esters is 1. The lowest BCUT2D eigenvalue weighted by Crippen LogP contribution is -2.30. The summed E-state index contributed by atoms with van der Waals surface area (Å²) < 4.78 is 27.6. The largest absolute Gasteiger partial charge is 0.493 e. The van der Waals surface area contributed by atoms with E-state index < -0.39 is 0 Å². The standard InChI is InChI=1S/C32H37NO7/c1-20(2)14-26(24-16-28(36-4)31-29(17-24)39-19-40-31)33-32(35)25-15-22(10-11-23(25)12-13-30(34)37-5)18-38-27-9-7-6-8-21(27)3/h6-11,15-17,20,26H,12-14,18-19H2,1-5H3,(H,33,35). The second kappa shape index (κ2) is 13.2. The fraction of sp³-hybridized carbons (Fsp3) is 0.375. The van der Waals surface area contributed by atoms with Crippen LogP contribution in [0.5, 0.6) is 23.0 Å². The van der Waals surface area contributed by atoms with Gasteiger partial charge in [-0.3, -0.25) is 9.59 Å². The van der Waals surface area contributed by atoms with Crippen LogP contribution in [-0.2, 0) is 22.6 Å². The maximum absolute atomic E-state index is 13.9. The van der Waals surface area contributed by atoms with E-state index in [-0.39, 0.29) is 31.1 Å². The minimum Gasteiger partial charge on any atom is -0.493 e. The highest BCUT2D eigenvalue weighted by Gasteiger charge is 2.26. The molecule has 4 rings (SSSR count). The summed E-state index contributed by atoms with van der Waals surface area (Å²) in [5.74, 6) is 2.23. The molecule has 0 spiro atoms. The molecule has 1 aliphatic rings. The average molecular weight is 548 g/mol. The van der Waals surface area contributed by atoms with Crippen molar-refractivity contribution in [2.75, 3.05) is 21.0 Å². The van der Waals surface area contributed by atoms with Gasteiger partial charge in [-0.2, -0.15) is 0 Å². The van der Waals surface area contributed by atoms with E-state index in [2.05, 4.69) is 19.2 Å². The van der Waals surface area contributed by atoms with Gasteiger partial charge in [-0.25, -0.2) is 0 Å². The first kappa shape index (κ1) is 28.8. The second-order valence-corrected chi connectivity index (χ2v) is 10.2. The van der Waals surface area contributed by atoms with Crippen LogP contribution in [0.1, 0.15) is 65.3 Å². The zero-order valence-corrected chi connectivity index (χ0v) is 23.7. The van der Waals surface area contributed by atoms with Gasteiger partial charge in [-0.05, 0) is 72.2 Å². The third kappa shape index (κ3) is 7.05. The van der Waals surface area contributed by atoms with Crippen LogP contribution in [0, 0.1) is 12.8 Å². The Morgan fingerprint density at radius 3 is 2.52 bits per heavy atom. The van der Waals surface area contributed by atoms with E-state index >= 15 is 0 Å². The summed E-state index contributed by atoms with van der Waals surface area (Å²) in [5, 5.41) is 3.23. The van der Waals surface area contributed by atoms with Crippen LogP contribution in [0.15, 0.2) is 54.6 Å². The summed E-state index contributed by atoms with van der Waals surface area (Å²) in [5.41, 5.74) is 4.00. The number of para-hydroxylation sites is 1. The molecule has 0 aromatic heterocycles. The lowest BCUT2D eigenvalue weighted by Gasteiger charge is -2.23. The van der Waals surface area contributed by atoms with Crippen molar-refractivity contribution in [2.45, 2.75) is 52.7 Å². The Bertz CT molecular complexity index is 1350. The van der Waals surface area contributed by atoms with Gasteiger partial charge in [0.05, 0.1) is 20.3 Å². The summed E-state index contributed by atoms with van der Waals surface area (Å²) in [4.78, 5) is 25.7. The number of fused-ring (bicyclic) bond motifs is 1. The third-order valence-corrected chi connectivity index (χ3v) is 6.83. The smallest absolute Gasteiger partial charge is 0.305 e. The molecule has 0 saturated carbocycles. The molecule has 1 amide bonds. The summed E-state index contributed by atoms with van der Waals surface area (Å²) in [6.07, 6.45) is 1.24. The van der Waals surface area contributed by atoms with Gasteiger partial charge in [0, 0.05) is 12.0 Å². The average Bonchev–Trinajstić information content (AvgIpc) is 3.43. The first-order valence-electron chi connectivity index (χ1n) is 13.4. The first-order valence-corrected chi connectivity index (χ1v) is 13.4. The Labute approximate surface area is 235 Å². The SMILES string of the molecule is COC(=O)CCc1ccc(COc2ccccc2C)cc1C(=O)NC(CC(C)C)c1cc(OC)c2c(c1)OCO2. The Balaban J connectivity index is 1.62. The van der Waals surface area contributed by atoms with Crippen molar-refractivity contribution in [2.24, 2.45) is 5.92 Å². The summed E-state index contributed by atoms with van der Waals surface area (Å²) in [7, 11) is 2.94. The highest BCUT2D eigenvalue weighted by molar-refractivity contribution is 5.96. The quantitative estimate of drug-likeness (QED) is 0.281. The van der Waals surface area contributed by atoms with Gasteiger partial charge >= 0.3 is 5.97 Å². The third-order valence-electron chi connectivity index (χ3n) is 6.83. The number of rotatable bonds is 12. The number of carbonyl (C=O) groups is 2. The number of nitrogens with one attached hydrogen (secondary N) is 1. The van der Waals surface area contributed by atoms with Crippen molar-refractivity contribution < 1.29 is 33.3 Å². The van der Waals surface area contributed by atoms with Crippen LogP contribution in [0.3, 0.4) is 0 Å². The molecule has 0 bridgehead atoms. The van der Waals surface area contributed by atoms with Crippen molar-refractivity contribution in [3.8, 4) is 23.0 Å². The van der Waals surface area contributed by atoms with Crippen molar-refractivity contribution in [3.63, 3.8) is 0 Å². The van der Waals surface area contributed by atoms with Gasteiger partial charge in [-0.1, -0.05) is 44.2 Å². The molecule has 0 aliphatic carbocycles. The molecule has 1 atom stereocenters. The van der Waals surface area contributed by atoms with E-state index in [0.717, 1.165) is 28.0 Å². The van der Waals surface area contributed by atoms with Gasteiger partial charge in [0.15, 0.2) is 11.5 Å². The number of hydrogen-bond acceptors (Lipinski definition) is 7. The molecule has 1 aliphatic heterocycles. The van der Waals surface area contributed by atoms with Crippen molar-refractivity contribution in [1.29, 1.82) is 0 Å². The molecule has 1 unspecified atom stereocenters. The zero-order valence-electron chi connectivity index (χ0n) is 23.7. The number of amides is 1. The fourth-order valence-electron chi connectivity index (χ4n) is 4.70.